The molecule has 0 aliphatic rings. The Morgan fingerprint density at radius 2 is 1.93 bits per heavy atom. The molecule has 0 saturated carbocycles. The van der Waals surface area contributed by atoms with Crippen molar-refractivity contribution in [3.05, 3.63) is 82.8 Å². The quantitative estimate of drug-likeness (QED) is 0.428. The summed E-state index contributed by atoms with van der Waals surface area (Å²) in [6, 6.07) is 16.1. The lowest BCUT2D eigenvalue weighted by Crippen LogP contribution is -2.08. The standard InChI is InChI=1S/C19H16N6O2/c1-13(17-12-24(23-22-17)14-6-3-2-4-7-14)21-16-9-10-18(25(26)27)15-8-5-11-20-19(15)16/h2-13,21H,1H3. The molecule has 0 aliphatic carbocycles. The Morgan fingerprint density at radius 1 is 1.11 bits per heavy atom. The molecule has 4 aromatic rings. The smallest absolute Gasteiger partial charge is 0.278 e. The number of nitro groups is 1. The van der Waals surface area contributed by atoms with Gasteiger partial charge in [0.1, 0.15) is 11.2 Å². The lowest BCUT2D eigenvalue weighted by Gasteiger charge is -2.14. The first kappa shape index (κ1) is 16.6. The second kappa shape index (κ2) is 6.83. The van der Waals surface area contributed by atoms with E-state index in [0.29, 0.717) is 16.6 Å². The molecule has 2 aromatic heterocycles. The molecule has 2 aromatic carbocycles. The molecule has 4 rings (SSSR count). The summed E-state index contributed by atoms with van der Waals surface area (Å²) in [7, 11) is 0. The van der Waals surface area contributed by atoms with Gasteiger partial charge in [-0.05, 0) is 37.3 Å². The molecule has 0 radical (unpaired) electrons. The first-order chi connectivity index (χ1) is 13.1. The van der Waals surface area contributed by atoms with E-state index in [4.69, 9.17) is 0 Å². The van der Waals surface area contributed by atoms with Crippen molar-refractivity contribution in [2.24, 2.45) is 0 Å². The van der Waals surface area contributed by atoms with Crippen LogP contribution in [-0.2, 0) is 0 Å². The second-order valence-electron chi connectivity index (χ2n) is 6.08. The number of hydrogen-bond donors (Lipinski definition) is 1. The predicted molar refractivity (Wildman–Crippen MR) is 102 cm³/mol. The monoisotopic (exact) mass is 360 g/mol. The molecule has 134 valence electrons. The third-order valence-corrected chi connectivity index (χ3v) is 4.29. The van der Waals surface area contributed by atoms with Crippen molar-refractivity contribution in [2.75, 3.05) is 5.32 Å². The van der Waals surface area contributed by atoms with E-state index in [0.717, 1.165) is 11.4 Å². The first-order valence-corrected chi connectivity index (χ1v) is 8.40. The summed E-state index contributed by atoms with van der Waals surface area (Å²) in [5.74, 6) is 0. The van der Waals surface area contributed by atoms with E-state index in [9.17, 15) is 10.1 Å². The van der Waals surface area contributed by atoms with Gasteiger partial charge in [-0.25, -0.2) is 4.68 Å². The van der Waals surface area contributed by atoms with Gasteiger partial charge in [-0.1, -0.05) is 23.4 Å². The molecule has 0 amide bonds. The highest BCUT2D eigenvalue weighted by Crippen LogP contribution is 2.31. The summed E-state index contributed by atoms with van der Waals surface area (Å²) >= 11 is 0. The van der Waals surface area contributed by atoms with Crippen LogP contribution in [0.3, 0.4) is 0 Å². The van der Waals surface area contributed by atoms with E-state index in [1.807, 2.05) is 43.5 Å². The van der Waals surface area contributed by atoms with Gasteiger partial charge < -0.3 is 5.32 Å². The van der Waals surface area contributed by atoms with Gasteiger partial charge in [-0.3, -0.25) is 15.1 Å². The zero-order chi connectivity index (χ0) is 18.8. The Kier molecular flexibility index (Phi) is 4.21. The fraction of sp³-hybridized carbons (Fsp3) is 0.105. The minimum Gasteiger partial charge on any atom is -0.375 e. The van der Waals surface area contributed by atoms with E-state index in [2.05, 4.69) is 20.6 Å². The van der Waals surface area contributed by atoms with Gasteiger partial charge in [0.25, 0.3) is 5.69 Å². The largest absolute Gasteiger partial charge is 0.375 e. The Labute approximate surface area is 154 Å². The maximum absolute atomic E-state index is 11.2. The van der Waals surface area contributed by atoms with Gasteiger partial charge in [-0.2, -0.15) is 0 Å². The number of nitrogens with one attached hydrogen (secondary N) is 1. The lowest BCUT2D eigenvalue weighted by molar-refractivity contribution is -0.383. The highest BCUT2D eigenvalue weighted by molar-refractivity contribution is 5.96. The topological polar surface area (TPSA) is 98.8 Å². The number of nitrogens with zero attached hydrogens (tertiary/aromatic N) is 5. The van der Waals surface area contributed by atoms with E-state index in [1.165, 1.54) is 6.07 Å². The SMILES string of the molecule is CC(Nc1ccc([N+](=O)[O-])c2cccnc12)c1cn(-c2ccccc2)nn1. The minimum atomic E-state index is -0.400. The van der Waals surface area contributed by atoms with Crippen molar-refractivity contribution in [3.63, 3.8) is 0 Å². The maximum Gasteiger partial charge on any atom is 0.278 e. The molecule has 1 N–H and O–H groups in total. The van der Waals surface area contributed by atoms with Gasteiger partial charge in [0.05, 0.1) is 33.9 Å². The Hall–Kier alpha value is -3.81. The Balaban J connectivity index is 1.64. The van der Waals surface area contributed by atoms with Crippen molar-refractivity contribution in [3.8, 4) is 5.69 Å². The lowest BCUT2D eigenvalue weighted by atomic mass is 10.1. The summed E-state index contributed by atoms with van der Waals surface area (Å²) in [4.78, 5) is 15.2. The Morgan fingerprint density at radius 3 is 2.70 bits per heavy atom. The number of fused-ring (bicyclic) bond motifs is 1. The average molecular weight is 360 g/mol. The number of hydrogen-bond acceptors (Lipinski definition) is 6. The van der Waals surface area contributed by atoms with Gasteiger partial charge in [0.2, 0.25) is 0 Å². The van der Waals surface area contributed by atoms with E-state index in [-0.39, 0.29) is 11.7 Å². The summed E-state index contributed by atoms with van der Waals surface area (Å²) in [6.07, 6.45) is 3.47. The number of anilines is 1. The van der Waals surface area contributed by atoms with Gasteiger partial charge in [0.15, 0.2) is 0 Å². The molecule has 0 saturated heterocycles. The predicted octanol–water partition coefficient (Wildman–Crippen LogP) is 3.90. The molecule has 0 fully saturated rings. The van der Waals surface area contributed by atoms with Crippen LogP contribution in [0.15, 0.2) is 67.0 Å². The molecule has 0 bridgehead atoms. The van der Waals surface area contributed by atoms with Crippen LogP contribution in [0.5, 0.6) is 0 Å². The zero-order valence-electron chi connectivity index (χ0n) is 14.5. The van der Waals surface area contributed by atoms with Crippen LogP contribution >= 0.6 is 0 Å². The van der Waals surface area contributed by atoms with Crippen LogP contribution in [0.4, 0.5) is 11.4 Å². The molecular formula is C19H16N6O2. The molecule has 8 nitrogen and oxygen atoms in total. The maximum atomic E-state index is 11.2. The highest BCUT2D eigenvalue weighted by Gasteiger charge is 2.17. The number of aromatic nitrogens is 4. The van der Waals surface area contributed by atoms with Crippen molar-refractivity contribution in [1.82, 2.24) is 20.0 Å². The van der Waals surface area contributed by atoms with Crippen LogP contribution in [0.2, 0.25) is 0 Å². The number of rotatable bonds is 5. The summed E-state index contributed by atoms with van der Waals surface area (Å²) in [6.45, 7) is 1.95. The van der Waals surface area contributed by atoms with E-state index in [1.54, 1.807) is 29.1 Å². The van der Waals surface area contributed by atoms with Crippen LogP contribution in [-0.4, -0.2) is 24.9 Å². The van der Waals surface area contributed by atoms with Crippen LogP contribution in [0.1, 0.15) is 18.7 Å². The second-order valence-corrected chi connectivity index (χ2v) is 6.08. The van der Waals surface area contributed by atoms with E-state index < -0.39 is 4.92 Å². The molecule has 1 atom stereocenters. The fourth-order valence-corrected chi connectivity index (χ4v) is 2.92. The van der Waals surface area contributed by atoms with Crippen molar-refractivity contribution in [2.45, 2.75) is 13.0 Å². The summed E-state index contributed by atoms with van der Waals surface area (Å²) in [5, 5.41) is 23.5. The van der Waals surface area contributed by atoms with Gasteiger partial charge in [-0.15, -0.1) is 5.10 Å². The minimum absolute atomic E-state index is 0.0336. The molecule has 2 heterocycles. The third-order valence-electron chi connectivity index (χ3n) is 4.29. The first-order valence-electron chi connectivity index (χ1n) is 8.40. The van der Waals surface area contributed by atoms with Gasteiger partial charge >= 0.3 is 0 Å². The number of non-ortho nitro benzene ring substituents is 1. The Bertz CT molecular complexity index is 1110. The normalized spacial score (nSPS) is 12.0. The van der Waals surface area contributed by atoms with Crippen molar-refractivity contribution in [1.29, 1.82) is 0 Å². The number of benzene rings is 2. The summed E-state index contributed by atoms with van der Waals surface area (Å²) in [5.41, 5.74) is 2.96. The fourth-order valence-electron chi connectivity index (χ4n) is 2.92. The van der Waals surface area contributed by atoms with Crippen molar-refractivity contribution >= 4 is 22.3 Å². The number of nitro benzene ring substituents is 1. The third kappa shape index (κ3) is 3.20. The van der Waals surface area contributed by atoms with Crippen molar-refractivity contribution < 1.29 is 4.92 Å². The van der Waals surface area contributed by atoms with E-state index >= 15 is 0 Å². The zero-order valence-corrected chi connectivity index (χ0v) is 14.5. The van der Waals surface area contributed by atoms with Gasteiger partial charge in [0, 0.05) is 12.3 Å². The highest BCUT2D eigenvalue weighted by atomic mass is 16.6. The molecule has 8 heteroatoms. The summed E-state index contributed by atoms with van der Waals surface area (Å²) < 4.78 is 1.71. The molecule has 0 spiro atoms. The number of pyridine rings is 1. The average Bonchev–Trinajstić information content (AvgIpc) is 3.19. The number of para-hydroxylation sites is 1. The molecule has 27 heavy (non-hydrogen) atoms. The molecular weight excluding hydrogens is 344 g/mol. The molecule has 0 aliphatic heterocycles. The van der Waals surface area contributed by atoms with Crippen LogP contribution in [0.25, 0.3) is 16.6 Å². The molecule has 1 unspecified atom stereocenters. The van der Waals surface area contributed by atoms with Crippen LogP contribution in [0, 0.1) is 10.1 Å². The van der Waals surface area contributed by atoms with Crippen LogP contribution < -0.4 is 5.32 Å².